The molecule has 0 aliphatic carbocycles. The van der Waals surface area contributed by atoms with E-state index < -0.39 is 16.1 Å². The van der Waals surface area contributed by atoms with Crippen LogP contribution in [0.15, 0.2) is 42.5 Å². The molecule has 0 fully saturated rings. The molecule has 1 atom stereocenters. The minimum absolute atomic E-state index is 0.289. The molecule has 0 spiro atoms. The maximum absolute atomic E-state index is 12.5. The Morgan fingerprint density at radius 3 is 2.37 bits per heavy atom. The zero-order valence-corrected chi connectivity index (χ0v) is 16.4. The average Bonchev–Trinajstić information content (AvgIpc) is 2.60. The van der Waals surface area contributed by atoms with Crippen LogP contribution in [0.1, 0.15) is 6.92 Å². The highest BCUT2D eigenvalue weighted by Gasteiger charge is 2.16. The van der Waals surface area contributed by atoms with Gasteiger partial charge in [-0.2, -0.15) is 0 Å². The Labute approximate surface area is 158 Å². The fraction of sp³-hybridized carbons (Fsp3) is 0.278. The van der Waals surface area contributed by atoms with E-state index in [9.17, 15) is 13.2 Å². The number of hydrogen-bond donors (Lipinski definition) is 3. The molecule has 0 aliphatic rings. The Morgan fingerprint density at radius 2 is 1.74 bits per heavy atom. The second-order valence-electron chi connectivity index (χ2n) is 5.88. The van der Waals surface area contributed by atoms with Gasteiger partial charge in [0.2, 0.25) is 15.9 Å². The number of rotatable bonds is 8. The molecule has 9 heteroatoms. The Kier molecular flexibility index (Phi) is 6.51. The number of amides is 1. The lowest BCUT2D eigenvalue weighted by Crippen LogP contribution is -2.32. The van der Waals surface area contributed by atoms with Gasteiger partial charge in [-0.25, -0.2) is 8.42 Å². The van der Waals surface area contributed by atoms with Crippen molar-refractivity contribution < 1.29 is 22.7 Å². The zero-order valence-electron chi connectivity index (χ0n) is 15.6. The summed E-state index contributed by atoms with van der Waals surface area (Å²) in [6.07, 6.45) is 1.07. The Hall–Kier alpha value is -2.94. The molecule has 0 aliphatic heterocycles. The lowest BCUT2D eigenvalue weighted by molar-refractivity contribution is -0.116. The first-order chi connectivity index (χ1) is 12.7. The second kappa shape index (κ2) is 8.63. The van der Waals surface area contributed by atoms with Crippen molar-refractivity contribution >= 4 is 33.0 Å². The third kappa shape index (κ3) is 6.07. The number of nitrogens with one attached hydrogen (secondary N) is 3. The van der Waals surface area contributed by atoms with Crippen LogP contribution in [0.25, 0.3) is 0 Å². The highest BCUT2D eigenvalue weighted by molar-refractivity contribution is 7.92. The summed E-state index contributed by atoms with van der Waals surface area (Å²) in [6.45, 7) is 1.69. The molecule has 2 aromatic carbocycles. The molecule has 0 saturated heterocycles. The molecular weight excluding hydrogens is 370 g/mol. The van der Waals surface area contributed by atoms with Gasteiger partial charge in [-0.3, -0.25) is 9.52 Å². The molecule has 0 aromatic heterocycles. The van der Waals surface area contributed by atoms with Gasteiger partial charge in [-0.05, 0) is 37.3 Å². The van der Waals surface area contributed by atoms with Crippen LogP contribution in [0, 0.1) is 0 Å². The number of ether oxygens (including phenoxy) is 2. The van der Waals surface area contributed by atoms with Crippen molar-refractivity contribution in [2.75, 3.05) is 35.8 Å². The van der Waals surface area contributed by atoms with Crippen molar-refractivity contribution in [3.05, 3.63) is 42.5 Å². The Bertz CT molecular complexity index is 915. The monoisotopic (exact) mass is 393 g/mol. The largest absolute Gasteiger partial charge is 0.497 e. The Balaban J connectivity index is 2.09. The minimum atomic E-state index is -3.38. The maximum atomic E-state index is 12.5. The average molecular weight is 393 g/mol. The SMILES string of the molecule is COc1ccc(OC)c(NC(=O)C(C)Nc2cccc(NS(C)(=O)=O)c2)c1. The van der Waals surface area contributed by atoms with E-state index in [2.05, 4.69) is 15.4 Å². The topological polar surface area (TPSA) is 106 Å². The van der Waals surface area contributed by atoms with Gasteiger partial charge in [0.05, 0.1) is 31.9 Å². The van der Waals surface area contributed by atoms with Crippen molar-refractivity contribution in [2.45, 2.75) is 13.0 Å². The molecule has 27 heavy (non-hydrogen) atoms. The van der Waals surface area contributed by atoms with Gasteiger partial charge in [0, 0.05) is 11.8 Å². The van der Waals surface area contributed by atoms with E-state index in [0.717, 1.165) is 6.26 Å². The van der Waals surface area contributed by atoms with Gasteiger partial charge in [0.25, 0.3) is 0 Å². The van der Waals surface area contributed by atoms with Gasteiger partial charge in [-0.1, -0.05) is 6.07 Å². The van der Waals surface area contributed by atoms with Gasteiger partial charge in [0.15, 0.2) is 0 Å². The van der Waals surface area contributed by atoms with E-state index in [1.807, 2.05) is 0 Å². The summed E-state index contributed by atoms with van der Waals surface area (Å²) in [6, 6.07) is 11.2. The van der Waals surface area contributed by atoms with Crippen LogP contribution in [0.4, 0.5) is 17.1 Å². The molecule has 3 N–H and O–H groups in total. The smallest absolute Gasteiger partial charge is 0.246 e. The number of hydrogen-bond acceptors (Lipinski definition) is 6. The first kappa shape index (κ1) is 20.4. The molecule has 0 radical (unpaired) electrons. The summed E-state index contributed by atoms with van der Waals surface area (Å²) in [5.74, 6) is 0.810. The molecule has 0 heterocycles. The third-order valence-electron chi connectivity index (χ3n) is 3.61. The van der Waals surface area contributed by atoms with Crippen LogP contribution in [-0.4, -0.2) is 40.8 Å². The fourth-order valence-electron chi connectivity index (χ4n) is 2.35. The van der Waals surface area contributed by atoms with E-state index in [1.165, 1.54) is 14.2 Å². The summed E-state index contributed by atoms with van der Waals surface area (Å²) in [7, 11) is -0.326. The molecule has 0 saturated carbocycles. The van der Waals surface area contributed by atoms with E-state index in [0.29, 0.717) is 28.6 Å². The summed E-state index contributed by atoms with van der Waals surface area (Å²) in [4.78, 5) is 12.5. The van der Waals surface area contributed by atoms with Crippen LogP contribution >= 0.6 is 0 Å². The number of benzene rings is 2. The minimum Gasteiger partial charge on any atom is -0.497 e. The van der Waals surface area contributed by atoms with Gasteiger partial charge in [0.1, 0.15) is 17.5 Å². The summed E-state index contributed by atoms with van der Waals surface area (Å²) in [5.41, 5.74) is 1.50. The number of methoxy groups -OCH3 is 2. The third-order valence-corrected chi connectivity index (χ3v) is 4.21. The van der Waals surface area contributed by atoms with Gasteiger partial charge in [-0.15, -0.1) is 0 Å². The van der Waals surface area contributed by atoms with E-state index >= 15 is 0 Å². The highest BCUT2D eigenvalue weighted by atomic mass is 32.2. The van der Waals surface area contributed by atoms with Crippen LogP contribution in [-0.2, 0) is 14.8 Å². The van der Waals surface area contributed by atoms with Crippen molar-refractivity contribution in [1.29, 1.82) is 0 Å². The van der Waals surface area contributed by atoms with E-state index in [-0.39, 0.29) is 5.91 Å². The van der Waals surface area contributed by atoms with Crippen LogP contribution in [0.3, 0.4) is 0 Å². The summed E-state index contributed by atoms with van der Waals surface area (Å²) < 4.78 is 35.5. The van der Waals surface area contributed by atoms with E-state index in [1.54, 1.807) is 49.4 Å². The highest BCUT2D eigenvalue weighted by Crippen LogP contribution is 2.29. The quantitative estimate of drug-likeness (QED) is 0.636. The second-order valence-corrected chi connectivity index (χ2v) is 7.62. The number of carbonyl (C=O) groups excluding carboxylic acids is 1. The van der Waals surface area contributed by atoms with Gasteiger partial charge < -0.3 is 20.1 Å². The molecule has 2 rings (SSSR count). The molecular formula is C18H23N3O5S. The zero-order chi connectivity index (χ0) is 20.0. The predicted octanol–water partition coefficient (Wildman–Crippen LogP) is 2.51. The van der Waals surface area contributed by atoms with Crippen molar-refractivity contribution in [3.8, 4) is 11.5 Å². The molecule has 1 amide bonds. The van der Waals surface area contributed by atoms with Crippen molar-refractivity contribution in [2.24, 2.45) is 0 Å². The lowest BCUT2D eigenvalue weighted by Gasteiger charge is -2.17. The van der Waals surface area contributed by atoms with Crippen molar-refractivity contribution in [1.82, 2.24) is 0 Å². The molecule has 0 bridgehead atoms. The molecule has 2 aromatic rings. The maximum Gasteiger partial charge on any atom is 0.246 e. The van der Waals surface area contributed by atoms with E-state index in [4.69, 9.17) is 9.47 Å². The first-order valence-electron chi connectivity index (χ1n) is 8.09. The Morgan fingerprint density at radius 1 is 1.04 bits per heavy atom. The van der Waals surface area contributed by atoms with Crippen molar-refractivity contribution in [3.63, 3.8) is 0 Å². The molecule has 8 nitrogen and oxygen atoms in total. The summed E-state index contributed by atoms with van der Waals surface area (Å²) >= 11 is 0. The standard InChI is InChI=1S/C18H23N3O5S/c1-12(19-13-6-5-7-14(10-13)21-27(4,23)24)18(22)20-16-11-15(25-2)8-9-17(16)26-3/h5-12,19,21H,1-4H3,(H,20,22). The van der Waals surface area contributed by atoms with Gasteiger partial charge >= 0.3 is 0 Å². The molecule has 146 valence electrons. The first-order valence-corrected chi connectivity index (χ1v) is 9.98. The number of anilines is 3. The fourth-order valence-corrected chi connectivity index (χ4v) is 2.91. The number of sulfonamides is 1. The normalized spacial score (nSPS) is 12.0. The summed E-state index contributed by atoms with van der Waals surface area (Å²) in [5, 5.41) is 5.83. The van der Waals surface area contributed by atoms with Crippen LogP contribution in [0.2, 0.25) is 0 Å². The number of carbonyl (C=O) groups is 1. The van der Waals surface area contributed by atoms with Crippen LogP contribution < -0.4 is 24.8 Å². The van der Waals surface area contributed by atoms with Crippen LogP contribution in [0.5, 0.6) is 11.5 Å². The molecule has 1 unspecified atom stereocenters. The lowest BCUT2D eigenvalue weighted by atomic mass is 10.2. The predicted molar refractivity (Wildman–Crippen MR) is 106 cm³/mol.